The lowest BCUT2D eigenvalue weighted by atomic mass is 9.94. The van der Waals surface area contributed by atoms with Crippen molar-refractivity contribution in [2.24, 2.45) is 0 Å². The molecule has 6 heteroatoms. The summed E-state index contributed by atoms with van der Waals surface area (Å²) in [5.41, 5.74) is 1.39. The molecule has 2 aromatic heterocycles. The van der Waals surface area contributed by atoms with Crippen LogP contribution in [-0.2, 0) is 0 Å². The molecule has 1 fully saturated rings. The molecule has 1 saturated carbocycles. The van der Waals surface area contributed by atoms with Gasteiger partial charge in [-0.25, -0.2) is 9.97 Å². The standard InChI is InChI=1S/C16H25N5O/c1-12-19-14-15(17-11-18-16(14)22-12)21(10-9-20(2)3)13-7-5-4-6-8-13/h11,13H,4-10H2,1-3H3. The van der Waals surface area contributed by atoms with Crippen LogP contribution in [0, 0.1) is 6.92 Å². The summed E-state index contributed by atoms with van der Waals surface area (Å²) in [6.07, 6.45) is 8.00. The summed E-state index contributed by atoms with van der Waals surface area (Å²) in [7, 11) is 4.21. The van der Waals surface area contributed by atoms with E-state index >= 15 is 0 Å². The maximum Gasteiger partial charge on any atom is 0.252 e. The first kappa shape index (κ1) is 15.2. The SMILES string of the molecule is Cc1nc2c(N(CCN(C)C)C3CCCCC3)ncnc2o1. The number of aromatic nitrogens is 3. The Bertz CT molecular complexity index is 618. The molecule has 22 heavy (non-hydrogen) atoms. The first-order chi connectivity index (χ1) is 10.6. The maximum atomic E-state index is 5.57. The Morgan fingerprint density at radius 3 is 2.64 bits per heavy atom. The Balaban J connectivity index is 1.94. The lowest BCUT2D eigenvalue weighted by Crippen LogP contribution is -2.41. The molecule has 0 aromatic carbocycles. The lowest BCUT2D eigenvalue weighted by Gasteiger charge is -2.35. The predicted octanol–water partition coefficient (Wildman–Crippen LogP) is 2.63. The van der Waals surface area contributed by atoms with Crippen LogP contribution in [0.2, 0.25) is 0 Å². The molecular formula is C16H25N5O. The summed E-state index contributed by atoms with van der Waals surface area (Å²) in [6, 6.07) is 0.545. The minimum atomic E-state index is 0.545. The number of aryl methyl sites for hydroxylation is 1. The van der Waals surface area contributed by atoms with E-state index in [4.69, 9.17) is 4.42 Å². The van der Waals surface area contributed by atoms with Gasteiger partial charge in [0.15, 0.2) is 17.2 Å². The van der Waals surface area contributed by atoms with Crippen LogP contribution in [-0.4, -0.2) is 53.1 Å². The van der Waals surface area contributed by atoms with Crippen molar-refractivity contribution in [3.05, 3.63) is 12.2 Å². The van der Waals surface area contributed by atoms with Crippen LogP contribution in [0.4, 0.5) is 5.82 Å². The fourth-order valence-corrected chi connectivity index (χ4v) is 3.22. The number of oxazole rings is 1. The first-order valence-corrected chi connectivity index (χ1v) is 8.14. The highest BCUT2D eigenvalue weighted by molar-refractivity contribution is 5.81. The molecule has 0 spiro atoms. The highest BCUT2D eigenvalue weighted by Crippen LogP contribution is 2.30. The van der Waals surface area contributed by atoms with Gasteiger partial charge in [-0.3, -0.25) is 0 Å². The molecule has 0 amide bonds. The van der Waals surface area contributed by atoms with Gasteiger partial charge in [0.25, 0.3) is 5.71 Å². The molecule has 1 aliphatic rings. The zero-order valence-electron chi connectivity index (χ0n) is 13.7. The highest BCUT2D eigenvalue weighted by atomic mass is 16.4. The average Bonchev–Trinajstić information content (AvgIpc) is 2.89. The fourth-order valence-electron chi connectivity index (χ4n) is 3.22. The van der Waals surface area contributed by atoms with Crippen LogP contribution in [0.25, 0.3) is 11.2 Å². The van der Waals surface area contributed by atoms with Crippen LogP contribution in [0.15, 0.2) is 10.7 Å². The van der Waals surface area contributed by atoms with E-state index in [9.17, 15) is 0 Å². The molecular weight excluding hydrogens is 278 g/mol. The van der Waals surface area contributed by atoms with E-state index in [2.05, 4.69) is 38.8 Å². The quantitative estimate of drug-likeness (QED) is 0.846. The average molecular weight is 303 g/mol. The molecule has 0 aliphatic heterocycles. The molecule has 0 saturated heterocycles. The van der Waals surface area contributed by atoms with Gasteiger partial charge in [0.1, 0.15) is 6.33 Å². The molecule has 3 rings (SSSR count). The molecule has 1 aliphatic carbocycles. The largest absolute Gasteiger partial charge is 0.422 e. The molecule has 0 N–H and O–H groups in total. The lowest BCUT2D eigenvalue weighted by molar-refractivity contribution is 0.372. The third-order valence-electron chi connectivity index (χ3n) is 4.36. The van der Waals surface area contributed by atoms with E-state index in [1.54, 1.807) is 6.33 Å². The molecule has 0 radical (unpaired) electrons. The van der Waals surface area contributed by atoms with Gasteiger partial charge in [-0.1, -0.05) is 19.3 Å². The third kappa shape index (κ3) is 3.21. The van der Waals surface area contributed by atoms with Crippen LogP contribution in [0.3, 0.4) is 0 Å². The van der Waals surface area contributed by atoms with E-state index in [1.807, 2.05) is 6.92 Å². The smallest absolute Gasteiger partial charge is 0.252 e. The zero-order chi connectivity index (χ0) is 15.5. The molecule has 0 atom stereocenters. The van der Waals surface area contributed by atoms with Gasteiger partial charge in [0.2, 0.25) is 0 Å². The summed E-state index contributed by atoms with van der Waals surface area (Å²) in [5.74, 6) is 1.57. The number of hydrogen-bond acceptors (Lipinski definition) is 6. The zero-order valence-corrected chi connectivity index (χ0v) is 13.7. The predicted molar refractivity (Wildman–Crippen MR) is 87.1 cm³/mol. The number of nitrogens with zero attached hydrogens (tertiary/aromatic N) is 5. The monoisotopic (exact) mass is 303 g/mol. The number of fused-ring (bicyclic) bond motifs is 1. The summed E-state index contributed by atoms with van der Waals surface area (Å²) in [4.78, 5) is 17.9. The minimum Gasteiger partial charge on any atom is -0.422 e. The van der Waals surface area contributed by atoms with Gasteiger partial charge >= 0.3 is 0 Å². The van der Waals surface area contributed by atoms with E-state index in [0.29, 0.717) is 17.6 Å². The molecule has 2 aromatic rings. The molecule has 6 nitrogen and oxygen atoms in total. The van der Waals surface area contributed by atoms with Gasteiger partial charge in [0.05, 0.1) is 0 Å². The summed E-state index contributed by atoms with van der Waals surface area (Å²) in [6.45, 7) is 3.81. The Labute approximate surface area is 131 Å². The number of hydrogen-bond donors (Lipinski definition) is 0. The number of likely N-dealkylation sites (N-methyl/N-ethyl adjacent to an activating group) is 1. The maximum absolute atomic E-state index is 5.57. The molecule has 0 bridgehead atoms. The summed E-state index contributed by atoms with van der Waals surface area (Å²) in [5, 5.41) is 0. The second kappa shape index (κ2) is 6.60. The van der Waals surface area contributed by atoms with Gasteiger partial charge < -0.3 is 14.2 Å². The topological polar surface area (TPSA) is 58.3 Å². The van der Waals surface area contributed by atoms with Gasteiger partial charge in [-0.2, -0.15) is 4.98 Å². The Hall–Kier alpha value is -1.69. The van der Waals surface area contributed by atoms with Crippen molar-refractivity contribution in [1.82, 2.24) is 19.9 Å². The normalized spacial score (nSPS) is 16.5. The van der Waals surface area contributed by atoms with Crippen molar-refractivity contribution < 1.29 is 4.42 Å². The van der Waals surface area contributed by atoms with Crippen molar-refractivity contribution >= 4 is 17.0 Å². The second-order valence-electron chi connectivity index (χ2n) is 6.37. The van der Waals surface area contributed by atoms with Gasteiger partial charge in [-0.15, -0.1) is 0 Å². The molecule has 0 unspecified atom stereocenters. The first-order valence-electron chi connectivity index (χ1n) is 8.14. The van der Waals surface area contributed by atoms with Crippen molar-refractivity contribution in [3.63, 3.8) is 0 Å². The van der Waals surface area contributed by atoms with E-state index in [0.717, 1.165) is 24.4 Å². The summed E-state index contributed by atoms with van der Waals surface area (Å²) >= 11 is 0. The van der Waals surface area contributed by atoms with Crippen molar-refractivity contribution in [2.75, 3.05) is 32.1 Å². The van der Waals surface area contributed by atoms with Crippen molar-refractivity contribution in [2.45, 2.75) is 45.1 Å². The Morgan fingerprint density at radius 2 is 1.91 bits per heavy atom. The van der Waals surface area contributed by atoms with Crippen LogP contribution in [0.5, 0.6) is 0 Å². The minimum absolute atomic E-state index is 0.545. The van der Waals surface area contributed by atoms with Crippen LogP contribution < -0.4 is 4.90 Å². The van der Waals surface area contributed by atoms with E-state index in [-0.39, 0.29) is 0 Å². The highest BCUT2D eigenvalue weighted by Gasteiger charge is 2.25. The van der Waals surface area contributed by atoms with Gasteiger partial charge in [0, 0.05) is 26.1 Å². The summed E-state index contributed by atoms with van der Waals surface area (Å²) < 4.78 is 5.57. The van der Waals surface area contributed by atoms with Crippen LogP contribution in [0.1, 0.15) is 38.0 Å². The van der Waals surface area contributed by atoms with E-state index in [1.165, 1.54) is 32.1 Å². The number of rotatable bonds is 5. The van der Waals surface area contributed by atoms with E-state index < -0.39 is 0 Å². The Morgan fingerprint density at radius 1 is 1.14 bits per heavy atom. The number of anilines is 1. The van der Waals surface area contributed by atoms with Gasteiger partial charge in [-0.05, 0) is 26.9 Å². The van der Waals surface area contributed by atoms with Crippen molar-refractivity contribution in [3.8, 4) is 0 Å². The molecule has 2 heterocycles. The van der Waals surface area contributed by atoms with Crippen LogP contribution >= 0.6 is 0 Å². The van der Waals surface area contributed by atoms with Crippen molar-refractivity contribution in [1.29, 1.82) is 0 Å². The molecule has 120 valence electrons. The second-order valence-corrected chi connectivity index (χ2v) is 6.37. The fraction of sp³-hybridized carbons (Fsp3) is 0.688. The Kier molecular flexibility index (Phi) is 4.57. The third-order valence-corrected chi connectivity index (χ3v) is 4.36.